The highest BCUT2D eigenvalue weighted by Gasteiger charge is 2.13. The summed E-state index contributed by atoms with van der Waals surface area (Å²) in [5.74, 6) is -0.936. The largest absolute Gasteiger partial charge is 0.321 e. The Kier molecular flexibility index (Phi) is 4.42. The molecule has 3 nitrogen and oxygen atoms in total. The van der Waals surface area contributed by atoms with E-state index < -0.39 is 11.7 Å². The lowest BCUT2D eigenvalue weighted by Gasteiger charge is -2.09. The number of hydrogen-bond donors (Lipinski definition) is 2. The molecule has 100 valence electrons. The van der Waals surface area contributed by atoms with Gasteiger partial charge in [0.25, 0.3) is 5.91 Å². The number of nitrogens with one attached hydrogen (secondary N) is 1. The van der Waals surface area contributed by atoms with Crippen LogP contribution in [0.3, 0.4) is 0 Å². The summed E-state index contributed by atoms with van der Waals surface area (Å²) in [4.78, 5) is 12.8. The maximum Gasteiger partial charge on any atom is 0.256 e. The first-order valence-corrected chi connectivity index (χ1v) is 6.75. The third-order valence-electron chi connectivity index (χ3n) is 2.54. The van der Waals surface area contributed by atoms with Gasteiger partial charge in [-0.15, -0.1) is 12.6 Å². The maximum atomic E-state index is 13.0. The van der Waals surface area contributed by atoms with Crippen LogP contribution in [0, 0.1) is 17.1 Å². The molecule has 1 N–H and O–H groups in total. The molecule has 0 spiro atoms. The van der Waals surface area contributed by atoms with Gasteiger partial charge in [-0.1, -0.05) is 0 Å². The number of anilines is 1. The molecule has 0 aliphatic heterocycles. The molecular formula is C14H8BrFN2OS. The summed E-state index contributed by atoms with van der Waals surface area (Å²) < 4.78 is 13.6. The van der Waals surface area contributed by atoms with Crippen LogP contribution in [0.2, 0.25) is 0 Å². The Morgan fingerprint density at radius 1 is 1.30 bits per heavy atom. The quantitative estimate of drug-likeness (QED) is 0.804. The van der Waals surface area contributed by atoms with Gasteiger partial charge in [-0.2, -0.15) is 5.26 Å². The summed E-state index contributed by atoms with van der Waals surface area (Å²) in [6.07, 6.45) is 0. The topological polar surface area (TPSA) is 52.9 Å². The van der Waals surface area contributed by atoms with Gasteiger partial charge in [-0.05, 0) is 52.3 Å². The normalized spacial score (nSPS) is 9.90. The fourth-order valence-electron chi connectivity index (χ4n) is 1.59. The van der Waals surface area contributed by atoms with E-state index in [2.05, 4.69) is 33.9 Å². The van der Waals surface area contributed by atoms with E-state index in [1.165, 1.54) is 12.1 Å². The van der Waals surface area contributed by atoms with Crippen LogP contribution in [0.25, 0.3) is 0 Å². The van der Waals surface area contributed by atoms with E-state index in [1.54, 1.807) is 18.2 Å². The summed E-state index contributed by atoms with van der Waals surface area (Å²) in [5, 5.41) is 11.5. The number of rotatable bonds is 2. The van der Waals surface area contributed by atoms with E-state index in [1.807, 2.05) is 6.07 Å². The van der Waals surface area contributed by atoms with Crippen molar-refractivity contribution in [3.05, 3.63) is 57.8 Å². The predicted molar refractivity (Wildman–Crippen MR) is 80.5 cm³/mol. The Morgan fingerprint density at radius 3 is 2.75 bits per heavy atom. The first-order chi connectivity index (χ1) is 9.51. The van der Waals surface area contributed by atoms with Crippen LogP contribution < -0.4 is 5.32 Å². The van der Waals surface area contributed by atoms with E-state index in [0.717, 1.165) is 6.07 Å². The number of carbonyl (C=O) groups is 1. The van der Waals surface area contributed by atoms with Gasteiger partial charge in [0, 0.05) is 9.37 Å². The van der Waals surface area contributed by atoms with Crippen LogP contribution in [-0.4, -0.2) is 5.91 Å². The molecule has 0 heterocycles. The van der Waals surface area contributed by atoms with Crippen LogP contribution in [-0.2, 0) is 0 Å². The standard InChI is InChI=1S/C14H8BrFN2OS/c15-12-3-2-10(20)6-11(12)14(19)18-13-4-1-9(16)5-8(13)7-17/h1-6,20H,(H,18,19). The minimum Gasteiger partial charge on any atom is -0.321 e. The zero-order chi connectivity index (χ0) is 14.7. The molecule has 20 heavy (non-hydrogen) atoms. The van der Waals surface area contributed by atoms with Crippen LogP contribution in [0.1, 0.15) is 15.9 Å². The second-order valence-electron chi connectivity index (χ2n) is 3.92. The Labute approximate surface area is 129 Å². The molecule has 0 saturated carbocycles. The average Bonchev–Trinajstić information content (AvgIpc) is 2.43. The van der Waals surface area contributed by atoms with Gasteiger partial charge in [0.05, 0.1) is 16.8 Å². The molecule has 0 aliphatic rings. The van der Waals surface area contributed by atoms with Gasteiger partial charge < -0.3 is 5.32 Å². The van der Waals surface area contributed by atoms with Crippen LogP contribution >= 0.6 is 28.6 Å². The number of amides is 1. The third-order valence-corrected chi connectivity index (χ3v) is 3.51. The number of halogens is 2. The van der Waals surface area contributed by atoms with E-state index >= 15 is 0 Å². The highest BCUT2D eigenvalue weighted by molar-refractivity contribution is 9.10. The van der Waals surface area contributed by atoms with Crippen molar-refractivity contribution in [1.29, 1.82) is 5.26 Å². The Bertz CT molecular complexity index is 728. The lowest BCUT2D eigenvalue weighted by atomic mass is 10.1. The van der Waals surface area contributed by atoms with Crippen molar-refractivity contribution >= 4 is 40.2 Å². The number of nitrogens with zero attached hydrogens (tertiary/aromatic N) is 1. The zero-order valence-corrected chi connectivity index (χ0v) is 12.5. The molecule has 0 saturated heterocycles. The Morgan fingerprint density at radius 2 is 2.05 bits per heavy atom. The van der Waals surface area contributed by atoms with Gasteiger partial charge in [0.15, 0.2) is 0 Å². The lowest BCUT2D eigenvalue weighted by molar-refractivity contribution is 0.102. The van der Waals surface area contributed by atoms with Crippen molar-refractivity contribution in [2.45, 2.75) is 4.90 Å². The summed E-state index contributed by atoms with van der Waals surface area (Å²) in [5.41, 5.74) is 0.706. The number of benzene rings is 2. The molecule has 0 fully saturated rings. The van der Waals surface area contributed by atoms with E-state index in [4.69, 9.17) is 5.26 Å². The summed E-state index contributed by atoms with van der Waals surface area (Å²) in [6, 6.07) is 10.5. The molecule has 6 heteroatoms. The Balaban J connectivity index is 2.33. The third kappa shape index (κ3) is 3.18. The highest BCUT2D eigenvalue weighted by Crippen LogP contribution is 2.23. The molecular weight excluding hydrogens is 343 g/mol. The van der Waals surface area contributed by atoms with Gasteiger partial charge in [-0.3, -0.25) is 4.79 Å². The van der Waals surface area contributed by atoms with Crippen molar-refractivity contribution in [3.63, 3.8) is 0 Å². The lowest BCUT2D eigenvalue weighted by Crippen LogP contribution is -2.13. The fraction of sp³-hybridized carbons (Fsp3) is 0. The van der Waals surface area contributed by atoms with E-state index in [9.17, 15) is 9.18 Å². The SMILES string of the molecule is N#Cc1cc(F)ccc1NC(=O)c1cc(S)ccc1Br. The molecule has 2 aromatic rings. The molecule has 0 atom stereocenters. The fourth-order valence-corrected chi connectivity index (χ4v) is 2.23. The molecule has 0 unspecified atom stereocenters. The zero-order valence-electron chi connectivity index (χ0n) is 10.0. The van der Waals surface area contributed by atoms with E-state index in [-0.39, 0.29) is 11.3 Å². The van der Waals surface area contributed by atoms with Crippen LogP contribution in [0.5, 0.6) is 0 Å². The number of carbonyl (C=O) groups excluding carboxylic acids is 1. The number of nitriles is 1. The van der Waals surface area contributed by atoms with Crippen molar-refractivity contribution in [3.8, 4) is 6.07 Å². The van der Waals surface area contributed by atoms with Crippen molar-refractivity contribution < 1.29 is 9.18 Å². The van der Waals surface area contributed by atoms with Crippen molar-refractivity contribution in [2.75, 3.05) is 5.32 Å². The summed E-state index contributed by atoms with van der Waals surface area (Å²) >= 11 is 7.44. The van der Waals surface area contributed by atoms with Gasteiger partial charge >= 0.3 is 0 Å². The number of hydrogen-bond acceptors (Lipinski definition) is 3. The van der Waals surface area contributed by atoms with Gasteiger partial charge in [0.2, 0.25) is 0 Å². The van der Waals surface area contributed by atoms with Crippen LogP contribution in [0.4, 0.5) is 10.1 Å². The monoisotopic (exact) mass is 350 g/mol. The number of thiol groups is 1. The summed E-state index contributed by atoms with van der Waals surface area (Å²) in [7, 11) is 0. The molecule has 0 aromatic heterocycles. The highest BCUT2D eigenvalue weighted by atomic mass is 79.9. The van der Waals surface area contributed by atoms with Gasteiger partial charge in [-0.25, -0.2) is 4.39 Å². The minimum atomic E-state index is -0.530. The molecule has 0 radical (unpaired) electrons. The average molecular weight is 351 g/mol. The maximum absolute atomic E-state index is 13.0. The first-order valence-electron chi connectivity index (χ1n) is 5.51. The van der Waals surface area contributed by atoms with Gasteiger partial charge in [0.1, 0.15) is 11.9 Å². The molecule has 2 aromatic carbocycles. The molecule has 2 rings (SSSR count). The molecule has 0 aliphatic carbocycles. The Hall–Kier alpha value is -1.84. The van der Waals surface area contributed by atoms with E-state index in [0.29, 0.717) is 14.9 Å². The second kappa shape index (κ2) is 6.07. The van der Waals surface area contributed by atoms with Crippen molar-refractivity contribution in [1.82, 2.24) is 0 Å². The molecule has 1 amide bonds. The smallest absolute Gasteiger partial charge is 0.256 e. The predicted octanol–water partition coefficient (Wildman–Crippen LogP) is 4.00. The summed E-state index contributed by atoms with van der Waals surface area (Å²) in [6.45, 7) is 0. The minimum absolute atomic E-state index is 0.0662. The van der Waals surface area contributed by atoms with Crippen LogP contribution in [0.15, 0.2) is 45.8 Å². The molecule has 0 bridgehead atoms. The first kappa shape index (κ1) is 14.6. The second-order valence-corrected chi connectivity index (χ2v) is 5.29. The van der Waals surface area contributed by atoms with Crippen molar-refractivity contribution in [2.24, 2.45) is 0 Å².